The van der Waals surface area contributed by atoms with Crippen LogP contribution in [0.25, 0.3) is 22.5 Å². The maximum Gasteiger partial charge on any atom is 0.274 e. The molecule has 0 unspecified atom stereocenters. The van der Waals surface area contributed by atoms with E-state index in [-0.39, 0.29) is 18.1 Å². The zero-order valence-electron chi connectivity index (χ0n) is 17.6. The minimum absolute atomic E-state index is 0.0397. The molecule has 0 saturated carbocycles. The topological polar surface area (TPSA) is 107 Å². The number of nitrogens with two attached hydrogens (primary N) is 1. The summed E-state index contributed by atoms with van der Waals surface area (Å²) >= 11 is 6.19. The predicted octanol–water partition coefficient (Wildman–Crippen LogP) is 4.38. The van der Waals surface area contributed by atoms with E-state index in [2.05, 4.69) is 25.3 Å². The van der Waals surface area contributed by atoms with Crippen LogP contribution in [0.15, 0.2) is 60.7 Å². The summed E-state index contributed by atoms with van der Waals surface area (Å²) in [4.78, 5) is 30.7. The van der Waals surface area contributed by atoms with Crippen molar-refractivity contribution in [1.82, 2.24) is 25.3 Å². The van der Waals surface area contributed by atoms with E-state index in [1.54, 1.807) is 6.07 Å². The second kappa shape index (κ2) is 9.11. The molecule has 0 radical (unpaired) electrons. The molecule has 160 valence electrons. The lowest BCUT2D eigenvalue weighted by Crippen LogP contribution is -2.26. The van der Waals surface area contributed by atoms with Gasteiger partial charge in [0.2, 0.25) is 0 Å². The number of carbonyl (C=O) groups excluding carboxylic acids is 1. The summed E-state index contributed by atoms with van der Waals surface area (Å²) in [5.41, 5.74) is 11.1. The number of rotatable bonds is 5. The van der Waals surface area contributed by atoms with Gasteiger partial charge in [0.1, 0.15) is 5.15 Å². The number of benzene rings is 1. The smallest absolute Gasteiger partial charge is 0.274 e. The van der Waals surface area contributed by atoms with Gasteiger partial charge in [0, 0.05) is 22.5 Å². The number of amides is 1. The number of nitrogen functional groups attached to an aromatic ring is 1. The van der Waals surface area contributed by atoms with Gasteiger partial charge in [-0.2, -0.15) is 0 Å². The Morgan fingerprint density at radius 2 is 1.62 bits per heavy atom. The second-order valence-electron chi connectivity index (χ2n) is 7.29. The van der Waals surface area contributed by atoms with Gasteiger partial charge < -0.3 is 11.1 Å². The van der Waals surface area contributed by atoms with Crippen molar-refractivity contribution in [2.24, 2.45) is 0 Å². The van der Waals surface area contributed by atoms with Crippen LogP contribution in [0.4, 0.5) is 5.82 Å². The first kappa shape index (κ1) is 21.4. The molecule has 0 aliphatic carbocycles. The molecule has 0 aliphatic heterocycles. The van der Waals surface area contributed by atoms with Gasteiger partial charge in [-0.3, -0.25) is 9.78 Å². The average molecular weight is 445 g/mol. The van der Waals surface area contributed by atoms with Crippen LogP contribution in [0.2, 0.25) is 5.15 Å². The number of aryl methyl sites for hydroxylation is 2. The first-order chi connectivity index (χ1) is 15.4. The average Bonchev–Trinajstić information content (AvgIpc) is 2.77. The molecule has 0 saturated heterocycles. The Morgan fingerprint density at radius 3 is 2.34 bits per heavy atom. The first-order valence-electron chi connectivity index (χ1n) is 9.99. The molecule has 0 aliphatic rings. The largest absolute Gasteiger partial charge is 0.382 e. The third kappa shape index (κ3) is 4.73. The molecule has 4 rings (SSSR count). The molecule has 0 bridgehead atoms. The molecule has 8 heteroatoms. The molecular weight excluding hydrogens is 424 g/mol. The van der Waals surface area contributed by atoms with Crippen molar-refractivity contribution in [3.05, 3.63) is 88.6 Å². The SMILES string of the molecule is Cc1cc(-c2nc(C(=O)NCc3cccc(C)n3)c(N)nc2-c2ccccc2)cc(Cl)n1. The number of hydrogen-bond acceptors (Lipinski definition) is 6. The van der Waals surface area contributed by atoms with Gasteiger partial charge in [0.15, 0.2) is 11.5 Å². The summed E-state index contributed by atoms with van der Waals surface area (Å²) < 4.78 is 0. The van der Waals surface area contributed by atoms with E-state index in [0.717, 1.165) is 22.6 Å². The van der Waals surface area contributed by atoms with E-state index in [9.17, 15) is 4.79 Å². The lowest BCUT2D eigenvalue weighted by Gasteiger charge is -2.14. The molecular formula is C24H21ClN6O. The molecule has 0 atom stereocenters. The highest BCUT2D eigenvalue weighted by Crippen LogP contribution is 2.32. The summed E-state index contributed by atoms with van der Waals surface area (Å²) in [5, 5.41) is 3.15. The van der Waals surface area contributed by atoms with Crippen molar-refractivity contribution in [3.63, 3.8) is 0 Å². The van der Waals surface area contributed by atoms with Gasteiger partial charge in [-0.25, -0.2) is 15.0 Å². The van der Waals surface area contributed by atoms with E-state index < -0.39 is 5.91 Å². The van der Waals surface area contributed by atoms with Crippen molar-refractivity contribution in [2.75, 3.05) is 5.73 Å². The van der Waals surface area contributed by atoms with Gasteiger partial charge in [-0.05, 0) is 38.1 Å². The van der Waals surface area contributed by atoms with E-state index in [1.165, 1.54) is 0 Å². The van der Waals surface area contributed by atoms with Gasteiger partial charge in [-0.1, -0.05) is 48.0 Å². The van der Waals surface area contributed by atoms with E-state index in [1.807, 2.05) is 68.4 Å². The Morgan fingerprint density at radius 1 is 0.875 bits per heavy atom. The van der Waals surface area contributed by atoms with Crippen LogP contribution < -0.4 is 11.1 Å². The number of pyridine rings is 2. The summed E-state index contributed by atoms with van der Waals surface area (Å²) in [6.45, 7) is 3.98. The zero-order valence-corrected chi connectivity index (χ0v) is 18.4. The van der Waals surface area contributed by atoms with E-state index in [0.29, 0.717) is 22.1 Å². The van der Waals surface area contributed by atoms with Crippen molar-refractivity contribution >= 4 is 23.3 Å². The quantitative estimate of drug-likeness (QED) is 0.442. The summed E-state index contributed by atoms with van der Waals surface area (Å²) in [6.07, 6.45) is 0. The number of halogens is 1. The minimum atomic E-state index is -0.434. The number of hydrogen-bond donors (Lipinski definition) is 2. The van der Waals surface area contributed by atoms with Crippen LogP contribution in [0, 0.1) is 13.8 Å². The maximum atomic E-state index is 12.9. The highest BCUT2D eigenvalue weighted by molar-refractivity contribution is 6.29. The standard InChI is InChI=1S/C24H21ClN6O/c1-14-7-6-10-18(28-14)13-27-24(32)22-23(26)31-20(16-8-4-3-5-9-16)21(30-22)17-11-15(2)29-19(25)12-17/h3-12H,13H2,1-2H3,(H2,26,31)(H,27,32). The fourth-order valence-electron chi connectivity index (χ4n) is 3.33. The van der Waals surface area contributed by atoms with Crippen molar-refractivity contribution in [3.8, 4) is 22.5 Å². The van der Waals surface area contributed by atoms with Crippen molar-refractivity contribution < 1.29 is 4.79 Å². The lowest BCUT2D eigenvalue weighted by molar-refractivity contribution is 0.0946. The maximum absolute atomic E-state index is 12.9. The predicted molar refractivity (Wildman–Crippen MR) is 125 cm³/mol. The van der Waals surface area contributed by atoms with Gasteiger partial charge in [-0.15, -0.1) is 0 Å². The molecule has 3 N–H and O–H groups in total. The van der Waals surface area contributed by atoms with Crippen LogP contribution in [0.5, 0.6) is 0 Å². The van der Waals surface area contributed by atoms with Crippen molar-refractivity contribution in [1.29, 1.82) is 0 Å². The van der Waals surface area contributed by atoms with Gasteiger partial charge >= 0.3 is 0 Å². The van der Waals surface area contributed by atoms with Crippen LogP contribution in [-0.4, -0.2) is 25.8 Å². The summed E-state index contributed by atoms with van der Waals surface area (Å²) in [5.74, 6) is -0.393. The van der Waals surface area contributed by atoms with E-state index >= 15 is 0 Å². The molecule has 1 aromatic carbocycles. The zero-order chi connectivity index (χ0) is 22.7. The Kier molecular flexibility index (Phi) is 6.09. The fourth-order valence-corrected chi connectivity index (χ4v) is 3.58. The summed E-state index contributed by atoms with van der Waals surface area (Å²) in [6, 6.07) is 18.7. The molecule has 7 nitrogen and oxygen atoms in total. The van der Waals surface area contributed by atoms with Gasteiger partial charge in [0.25, 0.3) is 5.91 Å². The number of aromatic nitrogens is 4. The number of nitrogens with one attached hydrogen (secondary N) is 1. The molecule has 4 aromatic rings. The van der Waals surface area contributed by atoms with Crippen LogP contribution in [0.3, 0.4) is 0 Å². The normalized spacial score (nSPS) is 10.7. The highest BCUT2D eigenvalue weighted by Gasteiger charge is 2.20. The molecule has 3 heterocycles. The number of anilines is 1. The highest BCUT2D eigenvalue weighted by atomic mass is 35.5. The third-order valence-electron chi connectivity index (χ3n) is 4.76. The Bertz CT molecular complexity index is 1270. The molecule has 3 aromatic heterocycles. The Labute approximate surface area is 190 Å². The lowest BCUT2D eigenvalue weighted by atomic mass is 10.0. The van der Waals surface area contributed by atoms with Crippen LogP contribution in [-0.2, 0) is 6.54 Å². The molecule has 1 amide bonds. The number of carbonyl (C=O) groups is 1. The molecule has 32 heavy (non-hydrogen) atoms. The Hall–Kier alpha value is -3.84. The third-order valence-corrected chi connectivity index (χ3v) is 4.95. The summed E-state index contributed by atoms with van der Waals surface area (Å²) in [7, 11) is 0. The van der Waals surface area contributed by atoms with Crippen molar-refractivity contribution in [2.45, 2.75) is 20.4 Å². The molecule has 0 fully saturated rings. The van der Waals surface area contributed by atoms with Crippen LogP contribution in [0.1, 0.15) is 27.6 Å². The fraction of sp³-hybridized carbons (Fsp3) is 0.125. The first-order valence-corrected chi connectivity index (χ1v) is 10.4. The monoisotopic (exact) mass is 444 g/mol. The minimum Gasteiger partial charge on any atom is -0.382 e. The van der Waals surface area contributed by atoms with Gasteiger partial charge in [0.05, 0.1) is 23.6 Å². The molecule has 0 spiro atoms. The Balaban J connectivity index is 1.76. The number of nitrogens with zero attached hydrogens (tertiary/aromatic N) is 4. The van der Waals surface area contributed by atoms with Crippen LogP contribution >= 0.6 is 11.6 Å². The van der Waals surface area contributed by atoms with E-state index in [4.69, 9.17) is 17.3 Å². The second-order valence-corrected chi connectivity index (χ2v) is 7.68.